The van der Waals surface area contributed by atoms with E-state index in [0.29, 0.717) is 25.9 Å². The van der Waals surface area contributed by atoms with E-state index in [1.807, 2.05) is 31.2 Å². The molecule has 2 amide bonds. The minimum Gasteiger partial charge on any atom is -0.393 e. The molecular formula is C14H21ClN2O2S. The van der Waals surface area contributed by atoms with Crippen molar-refractivity contribution in [1.82, 2.24) is 10.6 Å². The van der Waals surface area contributed by atoms with Crippen LogP contribution in [0.3, 0.4) is 0 Å². The molecule has 6 heteroatoms. The van der Waals surface area contributed by atoms with E-state index in [0.717, 1.165) is 15.7 Å². The summed E-state index contributed by atoms with van der Waals surface area (Å²) in [7, 11) is 0. The van der Waals surface area contributed by atoms with Crippen LogP contribution in [-0.4, -0.2) is 36.1 Å². The Labute approximate surface area is 129 Å². The summed E-state index contributed by atoms with van der Waals surface area (Å²) in [5.74, 6) is 0.798. The molecule has 0 aliphatic carbocycles. The monoisotopic (exact) mass is 316 g/mol. The fourth-order valence-electron chi connectivity index (χ4n) is 1.48. The first kappa shape index (κ1) is 17.1. The summed E-state index contributed by atoms with van der Waals surface area (Å²) in [4.78, 5) is 12.6. The van der Waals surface area contributed by atoms with Crippen molar-refractivity contribution in [2.45, 2.75) is 30.8 Å². The van der Waals surface area contributed by atoms with Gasteiger partial charge in [-0.1, -0.05) is 18.5 Å². The smallest absolute Gasteiger partial charge is 0.314 e. The van der Waals surface area contributed by atoms with Gasteiger partial charge in [0.2, 0.25) is 0 Å². The molecule has 0 saturated carbocycles. The Balaban J connectivity index is 2.05. The van der Waals surface area contributed by atoms with Crippen LogP contribution in [0.4, 0.5) is 4.79 Å². The fraction of sp³-hybridized carbons (Fsp3) is 0.500. The molecule has 1 unspecified atom stereocenters. The quantitative estimate of drug-likeness (QED) is 0.510. The summed E-state index contributed by atoms with van der Waals surface area (Å²) in [5.41, 5.74) is 0. The van der Waals surface area contributed by atoms with Crippen molar-refractivity contribution in [2.75, 3.05) is 18.8 Å². The minimum atomic E-state index is -0.337. The number of hydrogen-bond acceptors (Lipinski definition) is 3. The predicted octanol–water partition coefficient (Wildman–Crippen LogP) is 2.89. The number of thioether (sulfide) groups is 1. The second-order valence-electron chi connectivity index (χ2n) is 4.34. The zero-order valence-corrected chi connectivity index (χ0v) is 13.1. The number of carbonyl (C=O) groups is 1. The number of nitrogens with one attached hydrogen (secondary N) is 2. The highest BCUT2D eigenvalue weighted by molar-refractivity contribution is 7.99. The molecule has 0 fully saturated rings. The Bertz CT molecular complexity index is 401. The first-order valence-electron chi connectivity index (χ1n) is 6.70. The van der Waals surface area contributed by atoms with Crippen molar-refractivity contribution in [1.29, 1.82) is 0 Å². The largest absolute Gasteiger partial charge is 0.393 e. The molecule has 0 saturated heterocycles. The molecule has 4 nitrogen and oxygen atoms in total. The Morgan fingerprint density at radius 3 is 2.60 bits per heavy atom. The molecule has 0 bridgehead atoms. The number of hydrogen-bond donors (Lipinski definition) is 3. The third-order valence-corrected chi connectivity index (χ3v) is 3.97. The number of aliphatic hydroxyl groups excluding tert-OH is 1. The number of carbonyl (C=O) groups excluding carboxylic acids is 1. The maximum Gasteiger partial charge on any atom is 0.314 e. The topological polar surface area (TPSA) is 61.4 Å². The van der Waals surface area contributed by atoms with Gasteiger partial charge in [0.05, 0.1) is 6.10 Å². The lowest BCUT2D eigenvalue weighted by Gasteiger charge is -2.10. The van der Waals surface area contributed by atoms with Gasteiger partial charge in [-0.25, -0.2) is 4.79 Å². The Morgan fingerprint density at radius 1 is 1.30 bits per heavy atom. The van der Waals surface area contributed by atoms with Crippen molar-refractivity contribution in [3.63, 3.8) is 0 Å². The molecule has 3 N–H and O–H groups in total. The molecule has 0 spiro atoms. The molecular weight excluding hydrogens is 296 g/mol. The van der Waals surface area contributed by atoms with Crippen LogP contribution < -0.4 is 10.6 Å². The summed E-state index contributed by atoms with van der Waals surface area (Å²) < 4.78 is 0. The van der Waals surface area contributed by atoms with E-state index in [-0.39, 0.29) is 12.1 Å². The zero-order valence-electron chi connectivity index (χ0n) is 11.6. The molecule has 0 aliphatic rings. The van der Waals surface area contributed by atoms with Crippen LogP contribution >= 0.6 is 23.4 Å². The molecule has 20 heavy (non-hydrogen) atoms. The summed E-state index contributed by atoms with van der Waals surface area (Å²) in [5, 5.41) is 15.6. The van der Waals surface area contributed by atoms with Crippen molar-refractivity contribution >= 4 is 29.4 Å². The second-order valence-corrected chi connectivity index (χ2v) is 5.94. The third kappa shape index (κ3) is 7.62. The molecule has 112 valence electrons. The Kier molecular flexibility index (Phi) is 8.49. The summed E-state index contributed by atoms with van der Waals surface area (Å²) in [6.45, 7) is 3.00. The first-order chi connectivity index (χ1) is 9.61. The van der Waals surface area contributed by atoms with Crippen LogP contribution in [-0.2, 0) is 0 Å². The lowest BCUT2D eigenvalue weighted by molar-refractivity contribution is 0.160. The normalized spacial score (nSPS) is 11.9. The van der Waals surface area contributed by atoms with E-state index in [1.54, 1.807) is 11.8 Å². The van der Waals surface area contributed by atoms with Crippen LogP contribution in [0.2, 0.25) is 5.02 Å². The van der Waals surface area contributed by atoms with Crippen LogP contribution in [0.25, 0.3) is 0 Å². The average Bonchev–Trinajstić information content (AvgIpc) is 2.45. The van der Waals surface area contributed by atoms with E-state index in [1.165, 1.54) is 0 Å². The number of benzene rings is 1. The molecule has 1 aromatic carbocycles. The Hall–Kier alpha value is -0.910. The summed E-state index contributed by atoms with van der Waals surface area (Å²) in [6, 6.07) is 7.43. The van der Waals surface area contributed by atoms with E-state index in [9.17, 15) is 9.90 Å². The van der Waals surface area contributed by atoms with Gasteiger partial charge in [0.25, 0.3) is 0 Å². The van der Waals surface area contributed by atoms with Crippen molar-refractivity contribution < 1.29 is 9.90 Å². The van der Waals surface area contributed by atoms with Crippen LogP contribution in [0.1, 0.15) is 19.8 Å². The van der Waals surface area contributed by atoms with E-state index < -0.39 is 0 Å². The highest BCUT2D eigenvalue weighted by Crippen LogP contribution is 2.19. The van der Waals surface area contributed by atoms with Crippen LogP contribution in [0, 0.1) is 0 Å². The van der Waals surface area contributed by atoms with Gasteiger partial charge in [-0.3, -0.25) is 0 Å². The van der Waals surface area contributed by atoms with Gasteiger partial charge < -0.3 is 15.7 Å². The minimum absolute atomic E-state index is 0.190. The maximum atomic E-state index is 11.4. The number of aliphatic hydroxyl groups is 1. The average molecular weight is 317 g/mol. The molecule has 0 aliphatic heterocycles. The van der Waals surface area contributed by atoms with Gasteiger partial charge in [0.1, 0.15) is 0 Å². The third-order valence-electron chi connectivity index (χ3n) is 2.70. The van der Waals surface area contributed by atoms with E-state index >= 15 is 0 Å². The first-order valence-corrected chi connectivity index (χ1v) is 8.06. The SMILES string of the molecule is CCC(O)CCNC(=O)NCCSc1ccc(Cl)cc1. The maximum absolute atomic E-state index is 11.4. The molecule has 1 atom stereocenters. The fourth-order valence-corrected chi connectivity index (χ4v) is 2.38. The standard InChI is InChI=1S/C14H21ClN2O2S/c1-2-12(18)7-8-16-14(19)17-9-10-20-13-5-3-11(15)4-6-13/h3-6,12,18H,2,7-10H2,1H3,(H2,16,17,19). The molecule has 0 radical (unpaired) electrons. The lowest BCUT2D eigenvalue weighted by atomic mass is 10.2. The summed E-state index contributed by atoms with van der Waals surface area (Å²) in [6.07, 6.45) is 0.959. The lowest BCUT2D eigenvalue weighted by Crippen LogP contribution is -2.37. The number of halogens is 1. The van der Waals surface area contributed by atoms with Gasteiger partial charge in [-0.2, -0.15) is 0 Å². The second kappa shape index (κ2) is 9.91. The molecule has 1 rings (SSSR count). The van der Waals surface area contributed by atoms with Gasteiger partial charge in [0, 0.05) is 28.8 Å². The molecule has 0 aromatic heterocycles. The number of amides is 2. The van der Waals surface area contributed by atoms with Gasteiger partial charge in [0.15, 0.2) is 0 Å². The summed E-state index contributed by atoms with van der Waals surface area (Å²) >= 11 is 7.47. The molecule has 0 heterocycles. The van der Waals surface area contributed by atoms with E-state index in [2.05, 4.69) is 10.6 Å². The zero-order chi connectivity index (χ0) is 14.8. The van der Waals surface area contributed by atoms with Gasteiger partial charge in [-0.05, 0) is 37.1 Å². The van der Waals surface area contributed by atoms with Crippen molar-refractivity contribution in [2.24, 2.45) is 0 Å². The Morgan fingerprint density at radius 2 is 1.95 bits per heavy atom. The van der Waals surface area contributed by atoms with E-state index in [4.69, 9.17) is 11.6 Å². The van der Waals surface area contributed by atoms with Gasteiger partial charge >= 0.3 is 6.03 Å². The van der Waals surface area contributed by atoms with Crippen molar-refractivity contribution in [3.8, 4) is 0 Å². The highest BCUT2D eigenvalue weighted by Gasteiger charge is 2.03. The van der Waals surface area contributed by atoms with Crippen LogP contribution in [0.5, 0.6) is 0 Å². The van der Waals surface area contributed by atoms with Gasteiger partial charge in [-0.15, -0.1) is 11.8 Å². The highest BCUT2D eigenvalue weighted by atomic mass is 35.5. The number of urea groups is 1. The molecule has 1 aromatic rings. The van der Waals surface area contributed by atoms with Crippen LogP contribution in [0.15, 0.2) is 29.2 Å². The number of rotatable bonds is 8. The van der Waals surface area contributed by atoms with Crippen molar-refractivity contribution in [3.05, 3.63) is 29.3 Å². The predicted molar refractivity (Wildman–Crippen MR) is 84.5 cm³/mol.